The zero-order chi connectivity index (χ0) is 17.9. The van der Waals surface area contributed by atoms with E-state index in [-0.39, 0.29) is 0 Å². The van der Waals surface area contributed by atoms with Gasteiger partial charge in [0, 0.05) is 30.6 Å². The van der Waals surface area contributed by atoms with Crippen molar-refractivity contribution in [1.29, 1.82) is 0 Å². The minimum absolute atomic E-state index is 0.741. The molecule has 2 heterocycles. The van der Waals surface area contributed by atoms with Crippen LogP contribution in [0.3, 0.4) is 0 Å². The van der Waals surface area contributed by atoms with Crippen molar-refractivity contribution < 1.29 is 4.74 Å². The van der Waals surface area contributed by atoms with Crippen LogP contribution in [0, 0.1) is 0 Å². The molecule has 0 saturated heterocycles. The molecule has 0 atom stereocenters. The van der Waals surface area contributed by atoms with Crippen LogP contribution in [0.4, 0.5) is 17.5 Å². The molecule has 0 unspecified atom stereocenters. The highest BCUT2D eigenvalue weighted by atomic mass is 16.5. The van der Waals surface area contributed by atoms with Gasteiger partial charge in [0.2, 0.25) is 5.95 Å². The molecule has 130 valence electrons. The van der Waals surface area contributed by atoms with Gasteiger partial charge in [0.05, 0.1) is 18.8 Å². The summed E-state index contributed by atoms with van der Waals surface area (Å²) in [5.74, 6) is 2.31. The van der Waals surface area contributed by atoms with Crippen molar-refractivity contribution in [2.75, 3.05) is 24.8 Å². The molecule has 0 aliphatic rings. The third kappa shape index (κ3) is 2.93. The molecule has 4 aromatic rings. The molecule has 26 heavy (non-hydrogen) atoms. The molecule has 0 amide bonds. The number of ether oxygens (including phenoxy) is 1. The summed E-state index contributed by atoms with van der Waals surface area (Å²) in [5.41, 5.74) is 3.75. The second kappa shape index (κ2) is 6.76. The van der Waals surface area contributed by atoms with Crippen LogP contribution in [0.25, 0.3) is 16.7 Å². The largest absolute Gasteiger partial charge is 0.497 e. The number of hydrogen-bond donors (Lipinski definition) is 2. The normalized spacial score (nSPS) is 10.7. The first kappa shape index (κ1) is 16.0. The Hall–Kier alpha value is -3.54. The Bertz CT molecular complexity index is 1040. The number of methoxy groups -OCH3 is 1. The average molecular weight is 345 g/mol. The summed E-state index contributed by atoms with van der Waals surface area (Å²) in [6.45, 7) is 0. The number of pyridine rings is 1. The average Bonchev–Trinajstić information content (AvgIpc) is 3.06. The first-order chi connectivity index (χ1) is 12.8. The second-order valence-electron chi connectivity index (χ2n) is 5.77. The summed E-state index contributed by atoms with van der Waals surface area (Å²) in [5, 5.41) is 6.48. The summed E-state index contributed by atoms with van der Waals surface area (Å²) in [6, 6.07) is 19.9. The number of anilines is 3. The monoisotopic (exact) mass is 345 g/mol. The summed E-state index contributed by atoms with van der Waals surface area (Å²) < 4.78 is 7.35. The van der Waals surface area contributed by atoms with Crippen molar-refractivity contribution in [2.45, 2.75) is 0 Å². The molecule has 2 aromatic heterocycles. The highest BCUT2D eigenvalue weighted by molar-refractivity contribution is 5.83. The molecule has 2 N–H and O–H groups in total. The van der Waals surface area contributed by atoms with E-state index in [1.165, 1.54) is 0 Å². The predicted molar refractivity (Wildman–Crippen MR) is 105 cm³/mol. The van der Waals surface area contributed by atoms with Gasteiger partial charge in [-0.1, -0.05) is 24.3 Å². The molecule has 0 aliphatic heterocycles. The maximum Gasteiger partial charge on any atom is 0.208 e. The van der Waals surface area contributed by atoms with E-state index >= 15 is 0 Å². The van der Waals surface area contributed by atoms with E-state index in [0.717, 1.165) is 39.9 Å². The lowest BCUT2D eigenvalue weighted by Gasteiger charge is -2.10. The van der Waals surface area contributed by atoms with Gasteiger partial charge in [-0.3, -0.25) is 4.57 Å². The van der Waals surface area contributed by atoms with Gasteiger partial charge in [-0.25, -0.2) is 9.97 Å². The van der Waals surface area contributed by atoms with Crippen LogP contribution in [-0.2, 0) is 0 Å². The number of benzene rings is 2. The molecule has 2 aromatic carbocycles. The zero-order valence-corrected chi connectivity index (χ0v) is 14.6. The van der Waals surface area contributed by atoms with Crippen LogP contribution in [0.1, 0.15) is 0 Å². The van der Waals surface area contributed by atoms with Gasteiger partial charge in [-0.05, 0) is 24.3 Å². The van der Waals surface area contributed by atoms with Crippen LogP contribution in [-0.4, -0.2) is 28.7 Å². The van der Waals surface area contributed by atoms with Gasteiger partial charge < -0.3 is 15.4 Å². The quantitative estimate of drug-likeness (QED) is 0.567. The molecule has 0 fully saturated rings. The zero-order valence-electron chi connectivity index (χ0n) is 14.6. The molecule has 6 nitrogen and oxygen atoms in total. The van der Waals surface area contributed by atoms with Crippen molar-refractivity contribution in [3.8, 4) is 11.4 Å². The first-order valence-corrected chi connectivity index (χ1v) is 8.31. The molecule has 0 radical (unpaired) electrons. The van der Waals surface area contributed by atoms with Crippen molar-refractivity contribution in [2.24, 2.45) is 0 Å². The Balaban J connectivity index is 1.79. The van der Waals surface area contributed by atoms with Crippen molar-refractivity contribution in [3.05, 3.63) is 66.9 Å². The van der Waals surface area contributed by atoms with Gasteiger partial charge in [-0.15, -0.1) is 0 Å². The van der Waals surface area contributed by atoms with Gasteiger partial charge in [0.15, 0.2) is 0 Å². The number of nitrogens with zero attached hydrogens (tertiary/aromatic N) is 3. The molecule has 0 aliphatic carbocycles. The fraction of sp³-hybridized carbons (Fsp3) is 0.100. The number of hydrogen-bond acceptors (Lipinski definition) is 5. The van der Waals surface area contributed by atoms with E-state index in [2.05, 4.69) is 37.3 Å². The third-order valence-electron chi connectivity index (χ3n) is 4.12. The van der Waals surface area contributed by atoms with Gasteiger partial charge in [0.1, 0.15) is 17.1 Å². The summed E-state index contributed by atoms with van der Waals surface area (Å²) >= 11 is 0. The summed E-state index contributed by atoms with van der Waals surface area (Å²) in [6.07, 6.45) is 1.78. The minimum atomic E-state index is 0.741. The molecular weight excluding hydrogens is 326 g/mol. The Labute approximate surface area is 151 Å². The van der Waals surface area contributed by atoms with E-state index in [4.69, 9.17) is 4.74 Å². The second-order valence-corrected chi connectivity index (χ2v) is 5.77. The fourth-order valence-corrected chi connectivity index (χ4v) is 2.90. The van der Waals surface area contributed by atoms with E-state index in [0.29, 0.717) is 0 Å². The van der Waals surface area contributed by atoms with Crippen LogP contribution in [0.2, 0.25) is 0 Å². The first-order valence-electron chi connectivity index (χ1n) is 8.31. The molecular formula is C20H19N5O. The maximum absolute atomic E-state index is 5.27. The maximum atomic E-state index is 5.27. The van der Waals surface area contributed by atoms with Gasteiger partial charge in [0.25, 0.3) is 0 Å². The Morgan fingerprint density at radius 3 is 2.62 bits per heavy atom. The fourth-order valence-electron chi connectivity index (χ4n) is 2.90. The molecule has 0 bridgehead atoms. The van der Waals surface area contributed by atoms with Crippen LogP contribution in [0.15, 0.2) is 66.9 Å². The van der Waals surface area contributed by atoms with Gasteiger partial charge in [-0.2, -0.15) is 0 Å². The Morgan fingerprint density at radius 2 is 1.85 bits per heavy atom. The standard InChI is InChI=1S/C20H19N5O/c1-21-20-24-17-13-22-19(23-14-7-6-10-16(11-14)26-2)12-18(17)25(20)15-8-4-3-5-9-15/h3-13H,1-2H3,(H,21,24)(H,22,23). The lowest BCUT2D eigenvalue weighted by Crippen LogP contribution is -2.01. The summed E-state index contributed by atoms with van der Waals surface area (Å²) in [4.78, 5) is 9.11. The number of aromatic nitrogens is 3. The lowest BCUT2D eigenvalue weighted by atomic mass is 10.3. The Kier molecular flexibility index (Phi) is 4.15. The minimum Gasteiger partial charge on any atom is -0.497 e. The number of fused-ring (bicyclic) bond motifs is 1. The van der Waals surface area contributed by atoms with Crippen molar-refractivity contribution in [1.82, 2.24) is 14.5 Å². The van der Waals surface area contributed by atoms with E-state index < -0.39 is 0 Å². The van der Waals surface area contributed by atoms with Crippen LogP contribution < -0.4 is 15.4 Å². The van der Waals surface area contributed by atoms with E-state index in [9.17, 15) is 0 Å². The highest BCUT2D eigenvalue weighted by Crippen LogP contribution is 2.27. The lowest BCUT2D eigenvalue weighted by molar-refractivity contribution is 0.415. The number of para-hydroxylation sites is 1. The summed E-state index contributed by atoms with van der Waals surface area (Å²) in [7, 11) is 3.52. The number of nitrogens with one attached hydrogen (secondary N) is 2. The van der Waals surface area contributed by atoms with Crippen LogP contribution >= 0.6 is 0 Å². The third-order valence-corrected chi connectivity index (χ3v) is 4.12. The molecule has 4 rings (SSSR count). The van der Waals surface area contributed by atoms with Crippen LogP contribution in [0.5, 0.6) is 5.75 Å². The van der Waals surface area contributed by atoms with Gasteiger partial charge >= 0.3 is 0 Å². The number of rotatable bonds is 5. The topological polar surface area (TPSA) is 64.0 Å². The number of imidazole rings is 1. The van der Waals surface area contributed by atoms with Crippen molar-refractivity contribution in [3.63, 3.8) is 0 Å². The molecule has 0 saturated carbocycles. The van der Waals surface area contributed by atoms with E-state index in [1.54, 1.807) is 13.3 Å². The molecule has 6 heteroatoms. The highest BCUT2D eigenvalue weighted by Gasteiger charge is 2.12. The van der Waals surface area contributed by atoms with Crippen molar-refractivity contribution >= 4 is 28.5 Å². The molecule has 0 spiro atoms. The van der Waals surface area contributed by atoms with E-state index in [1.807, 2.05) is 55.6 Å². The smallest absolute Gasteiger partial charge is 0.208 e. The SMILES string of the molecule is CNc1nc2cnc(Nc3cccc(OC)c3)cc2n1-c1ccccc1. The Morgan fingerprint density at radius 1 is 1.00 bits per heavy atom. The predicted octanol–water partition coefficient (Wildman–Crippen LogP) is 4.21.